The van der Waals surface area contributed by atoms with E-state index in [0.717, 1.165) is 10.9 Å². The molecule has 1 heterocycles. The van der Waals surface area contributed by atoms with E-state index in [1.165, 1.54) is 12.1 Å². The van der Waals surface area contributed by atoms with Gasteiger partial charge in [-0.05, 0) is 49.7 Å². The molecule has 0 aliphatic heterocycles. The third-order valence-electron chi connectivity index (χ3n) is 3.03. The van der Waals surface area contributed by atoms with Crippen molar-refractivity contribution in [2.24, 2.45) is 0 Å². The highest BCUT2D eigenvalue weighted by atomic mass is 79.9. The monoisotopic (exact) mass is 384 g/mol. The van der Waals surface area contributed by atoms with Crippen LogP contribution in [0.1, 0.15) is 20.3 Å². The molecule has 0 saturated carbocycles. The number of hydrogen-bond donors (Lipinski definition) is 2. The lowest BCUT2D eigenvalue weighted by molar-refractivity contribution is 0.601. The zero-order chi connectivity index (χ0) is 16.2. The van der Waals surface area contributed by atoms with Gasteiger partial charge in [0.15, 0.2) is 5.82 Å². The highest BCUT2D eigenvalue weighted by molar-refractivity contribution is 9.10. The Morgan fingerprint density at radius 3 is 2.23 bits per heavy atom. The van der Waals surface area contributed by atoms with Crippen LogP contribution in [-0.4, -0.2) is 24.7 Å². The molecule has 0 saturated heterocycles. The van der Waals surface area contributed by atoms with Crippen molar-refractivity contribution in [3.8, 4) is 0 Å². The molecule has 0 aliphatic rings. The fourth-order valence-corrected chi connectivity index (χ4v) is 2.89. The molecule has 0 fully saturated rings. The van der Waals surface area contributed by atoms with Crippen molar-refractivity contribution in [3.05, 3.63) is 40.9 Å². The van der Waals surface area contributed by atoms with Crippen molar-refractivity contribution in [1.82, 2.24) is 10.2 Å². The summed E-state index contributed by atoms with van der Waals surface area (Å²) in [4.78, 5) is 0.166. The van der Waals surface area contributed by atoms with Crippen molar-refractivity contribution in [1.29, 1.82) is 0 Å². The second-order valence-electron chi connectivity index (χ2n) is 4.82. The Hall–Kier alpha value is -1.67. The molecular weight excluding hydrogens is 368 g/mol. The summed E-state index contributed by atoms with van der Waals surface area (Å²) in [5.41, 5.74) is 0. The highest BCUT2D eigenvalue weighted by Gasteiger charge is 2.15. The molecule has 0 radical (unpaired) electrons. The number of benzene rings is 1. The first-order chi connectivity index (χ1) is 10.4. The van der Waals surface area contributed by atoms with Crippen LogP contribution in [0.4, 0.5) is 11.6 Å². The third-order valence-corrected chi connectivity index (χ3v) is 4.93. The summed E-state index contributed by atoms with van der Waals surface area (Å²) < 4.78 is 27.6. The molecule has 118 valence electrons. The van der Waals surface area contributed by atoms with E-state index in [4.69, 9.17) is 0 Å². The average molecular weight is 385 g/mol. The molecule has 0 bridgehead atoms. The number of hydrogen-bond acceptors (Lipinski definition) is 5. The maximum atomic E-state index is 12.2. The predicted molar refractivity (Wildman–Crippen MR) is 90.4 cm³/mol. The van der Waals surface area contributed by atoms with Crippen LogP contribution in [0.5, 0.6) is 0 Å². The summed E-state index contributed by atoms with van der Waals surface area (Å²) in [6.07, 6.45) is 0.958. The highest BCUT2D eigenvalue weighted by Crippen LogP contribution is 2.17. The van der Waals surface area contributed by atoms with E-state index in [2.05, 4.69) is 43.1 Å². The molecule has 2 N–H and O–H groups in total. The second kappa shape index (κ2) is 7.06. The molecule has 0 aliphatic carbocycles. The number of anilines is 2. The van der Waals surface area contributed by atoms with Gasteiger partial charge in [0.2, 0.25) is 0 Å². The number of halogens is 1. The molecule has 22 heavy (non-hydrogen) atoms. The summed E-state index contributed by atoms with van der Waals surface area (Å²) in [5.74, 6) is 0.790. The van der Waals surface area contributed by atoms with Gasteiger partial charge in [-0.2, -0.15) is 0 Å². The van der Waals surface area contributed by atoms with Crippen molar-refractivity contribution in [3.63, 3.8) is 0 Å². The summed E-state index contributed by atoms with van der Waals surface area (Å²) >= 11 is 3.27. The Morgan fingerprint density at radius 1 is 1.09 bits per heavy atom. The first kappa shape index (κ1) is 16.7. The predicted octanol–water partition coefficient (Wildman–Crippen LogP) is 3.25. The topological polar surface area (TPSA) is 84.0 Å². The van der Waals surface area contributed by atoms with Crippen LogP contribution in [-0.2, 0) is 10.0 Å². The second-order valence-corrected chi connectivity index (χ2v) is 7.41. The molecule has 0 amide bonds. The Morgan fingerprint density at radius 2 is 1.68 bits per heavy atom. The first-order valence-electron chi connectivity index (χ1n) is 6.79. The van der Waals surface area contributed by atoms with E-state index in [-0.39, 0.29) is 16.8 Å². The van der Waals surface area contributed by atoms with Gasteiger partial charge in [-0.1, -0.05) is 22.9 Å². The van der Waals surface area contributed by atoms with Crippen LogP contribution in [0.2, 0.25) is 0 Å². The number of nitrogens with one attached hydrogen (secondary N) is 2. The minimum absolute atomic E-state index is 0.166. The summed E-state index contributed by atoms with van der Waals surface area (Å²) in [7, 11) is -3.66. The fraction of sp³-hybridized carbons (Fsp3) is 0.286. The Bertz CT molecular complexity index is 718. The van der Waals surface area contributed by atoms with Crippen LogP contribution in [0.25, 0.3) is 0 Å². The smallest absolute Gasteiger partial charge is 0.263 e. The first-order valence-corrected chi connectivity index (χ1v) is 9.07. The molecule has 8 heteroatoms. The van der Waals surface area contributed by atoms with Crippen molar-refractivity contribution >= 4 is 37.6 Å². The minimum Gasteiger partial charge on any atom is -0.366 e. The molecule has 1 atom stereocenters. The van der Waals surface area contributed by atoms with Crippen LogP contribution in [0.15, 0.2) is 45.8 Å². The van der Waals surface area contributed by atoms with Gasteiger partial charge < -0.3 is 5.32 Å². The van der Waals surface area contributed by atoms with E-state index in [1.54, 1.807) is 24.3 Å². The minimum atomic E-state index is -3.66. The van der Waals surface area contributed by atoms with Crippen molar-refractivity contribution < 1.29 is 8.42 Å². The maximum absolute atomic E-state index is 12.2. The molecule has 0 spiro atoms. The van der Waals surface area contributed by atoms with E-state index in [9.17, 15) is 8.42 Å². The number of sulfonamides is 1. The van der Waals surface area contributed by atoms with Gasteiger partial charge in [0, 0.05) is 10.5 Å². The molecule has 1 unspecified atom stereocenters. The molecule has 2 aromatic rings. The SMILES string of the molecule is CCC(C)Nc1ccc(NS(=O)(=O)c2ccc(Br)cc2)nn1. The summed E-state index contributed by atoms with van der Waals surface area (Å²) in [5, 5.41) is 11.0. The summed E-state index contributed by atoms with van der Waals surface area (Å²) in [6.45, 7) is 4.09. The maximum Gasteiger partial charge on any atom is 0.263 e. The molecule has 1 aromatic heterocycles. The van der Waals surface area contributed by atoms with Crippen molar-refractivity contribution in [2.75, 3.05) is 10.0 Å². The molecule has 6 nitrogen and oxygen atoms in total. The number of aromatic nitrogens is 2. The lowest BCUT2D eigenvalue weighted by atomic mass is 10.2. The number of rotatable bonds is 6. The third kappa shape index (κ3) is 4.41. The number of nitrogens with zero attached hydrogens (tertiary/aromatic N) is 2. The van der Waals surface area contributed by atoms with Crippen LogP contribution < -0.4 is 10.0 Å². The zero-order valence-electron chi connectivity index (χ0n) is 12.2. The molecule has 2 rings (SSSR count). The van der Waals surface area contributed by atoms with Gasteiger partial charge in [0.05, 0.1) is 4.90 Å². The van der Waals surface area contributed by atoms with Gasteiger partial charge in [0.25, 0.3) is 10.0 Å². The van der Waals surface area contributed by atoms with Gasteiger partial charge in [-0.3, -0.25) is 4.72 Å². The molecular formula is C14H17BrN4O2S. The van der Waals surface area contributed by atoms with E-state index in [1.807, 2.05) is 6.92 Å². The van der Waals surface area contributed by atoms with Gasteiger partial charge in [0.1, 0.15) is 5.82 Å². The Balaban J connectivity index is 2.11. The normalized spacial score (nSPS) is 12.7. The lowest BCUT2D eigenvalue weighted by Gasteiger charge is -2.12. The van der Waals surface area contributed by atoms with E-state index in [0.29, 0.717) is 5.82 Å². The van der Waals surface area contributed by atoms with Crippen molar-refractivity contribution in [2.45, 2.75) is 31.2 Å². The van der Waals surface area contributed by atoms with E-state index >= 15 is 0 Å². The van der Waals surface area contributed by atoms with Gasteiger partial charge >= 0.3 is 0 Å². The molecule has 1 aromatic carbocycles. The quantitative estimate of drug-likeness (QED) is 0.798. The Labute approximate surface area is 138 Å². The summed E-state index contributed by atoms with van der Waals surface area (Å²) in [6, 6.07) is 9.91. The van der Waals surface area contributed by atoms with Crippen LogP contribution in [0, 0.1) is 0 Å². The zero-order valence-corrected chi connectivity index (χ0v) is 14.6. The average Bonchev–Trinajstić information content (AvgIpc) is 2.49. The standard InChI is InChI=1S/C14H17BrN4O2S/c1-3-10(2)16-13-8-9-14(18-17-13)19-22(20,21)12-6-4-11(15)5-7-12/h4-10H,3H2,1-2H3,(H,16,17)(H,18,19). The largest absolute Gasteiger partial charge is 0.366 e. The fourth-order valence-electron chi connectivity index (χ4n) is 1.63. The lowest BCUT2D eigenvalue weighted by Crippen LogP contribution is -2.16. The Kier molecular flexibility index (Phi) is 5.36. The van der Waals surface area contributed by atoms with Crippen LogP contribution >= 0.6 is 15.9 Å². The van der Waals surface area contributed by atoms with Gasteiger partial charge in [-0.15, -0.1) is 10.2 Å². The van der Waals surface area contributed by atoms with Crippen LogP contribution in [0.3, 0.4) is 0 Å². The van der Waals surface area contributed by atoms with Gasteiger partial charge in [-0.25, -0.2) is 8.42 Å². The van der Waals surface area contributed by atoms with E-state index < -0.39 is 10.0 Å².